The van der Waals surface area contributed by atoms with Crippen molar-refractivity contribution in [2.75, 3.05) is 4.90 Å². The van der Waals surface area contributed by atoms with Crippen LogP contribution in [0.3, 0.4) is 0 Å². The molecule has 2 nitrogen and oxygen atoms in total. The summed E-state index contributed by atoms with van der Waals surface area (Å²) in [5.74, 6) is 0. The number of anilines is 3. The molecule has 0 bridgehead atoms. The molecule has 0 unspecified atom stereocenters. The molecular formula is C52H33NOS. The van der Waals surface area contributed by atoms with E-state index in [0.717, 1.165) is 39.0 Å². The third-order valence-electron chi connectivity index (χ3n) is 10.9. The minimum Gasteiger partial charge on any atom is -0.456 e. The Labute approximate surface area is 322 Å². The number of fused-ring (bicyclic) bond motifs is 7. The summed E-state index contributed by atoms with van der Waals surface area (Å²) in [7, 11) is 0. The highest BCUT2D eigenvalue weighted by molar-refractivity contribution is 7.25. The molecule has 2 heterocycles. The van der Waals surface area contributed by atoms with Crippen molar-refractivity contribution in [1.29, 1.82) is 0 Å². The number of benzene rings is 9. The molecule has 11 rings (SSSR count). The average Bonchev–Trinajstić information content (AvgIpc) is 3.83. The standard InChI is InChI=1S/C52H33NOS/c1-2-13-40-36(11-1)12-9-17-41(40)37-25-23-34(24-26-37)35-27-30-39(31-28-35)53(47-19-10-21-49-52(47)45-16-4-7-20-48(45)54-49)46-18-6-3-14-42(46)38-29-32-44-43-15-5-8-22-50(43)55-51(44)33-38/h1-33H. The van der Waals surface area contributed by atoms with Crippen molar-refractivity contribution < 1.29 is 4.42 Å². The molecule has 0 aliphatic rings. The number of hydrogen-bond acceptors (Lipinski definition) is 3. The van der Waals surface area contributed by atoms with E-state index >= 15 is 0 Å². The van der Waals surface area contributed by atoms with E-state index in [1.54, 1.807) is 0 Å². The molecule has 11 aromatic rings. The van der Waals surface area contributed by atoms with Crippen molar-refractivity contribution in [3.05, 3.63) is 200 Å². The zero-order chi connectivity index (χ0) is 36.3. The van der Waals surface area contributed by atoms with E-state index in [-0.39, 0.29) is 0 Å². The summed E-state index contributed by atoms with van der Waals surface area (Å²) < 4.78 is 9.03. The molecule has 0 aliphatic heterocycles. The fourth-order valence-electron chi connectivity index (χ4n) is 8.28. The molecule has 0 saturated carbocycles. The molecule has 0 atom stereocenters. The molecule has 0 radical (unpaired) electrons. The predicted octanol–water partition coefficient (Wildman–Crippen LogP) is 15.6. The van der Waals surface area contributed by atoms with Gasteiger partial charge in [0.2, 0.25) is 0 Å². The maximum absolute atomic E-state index is 6.42. The van der Waals surface area contributed by atoms with E-state index in [1.807, 2.05) is 17.4 Å². The number of furan rings is 1. The van der Waals surface area contributed by atoms with Crippen LogP contribution in [0.4, 0.5) is 17.1 Å². The molecule has 0 N–H and O–H groups in total. The van der Waals surface area contributed by atoms with Gasteiger partial charge in [-0.05, 0) is 87.1 Å². The smallest absolute Gasteiger partial charge is 0.137 e. The van der Waals surface area contributed by atoms with Crippen LogP contribution in [0, 0.1) is 0 Å². The van der Waals surface area contributed by atoms with Gasteiger partial charge in [0.05, 0.1) is 16.8 Å². The van der Waals surface area contributed by atoms with Crippen LogP contribution in [0.2, 0.25) is 0 Å². The first-order valence-corrected chi connectivity index (χ1v) is 19.5. The largest absolute Gasteiger partial charge is 0.456 e. The van der Waals surface area contributed by atoms with Gasteiger partial charge in [-0.3, -0.25) is 0 Å². The molecule has 3 heteroatoms. The Morgan fingerprint density at radius 2 is 0.945 bits per heavy atom. The van der Waals surface area contributed by atoms with Crippen LogP contribution in [-0.4, -0.2) is 0 Å². The zero-order valence-corrected chi connectivity index (χ0v) is 30.6. The van der Waals surface area contributed by atoms with Gasteiger partial charge < -0.3 is 9.32 Å². The van der Waals surface area contributed by atoms with E-state index in [2.05, 4.69) is 199 Å². The van der Waals surface area contributed by atoms with Crippen LogP contribution in [0.15, 0.2) is 205 Å². The van der Waals surface area contributed by atoms with Gasteiger partial charge in [0.25, 0.3) is 0 Å². The minimum absolute atomic E-state index is 0.871. The van der Waals surface area contributed by atoms with E-state index in [1.165, 1.54) is 64.3 Å². The summed E-state index contributed by atoms with van der Waals surface area (Å²) in [5, 5.41) is 7.34. The van der Waals surface area contributed by atoms with Crippen molar-refractivity contribution in [2.45, 2.75) is 0 Å². The quantitative estimate of drug-likeness (QED) is 0.170. The highest BCUT2D eigenvalue weighted by Crippen LogP contribution is 2.47. The lowest BCUT2D eigenvalue weighted by atomic mass is 9.96. The monoisotopic (exact) mass is 719 g/mol. The summed E-state index contributed by atoms with van der Waals surface area (Å²) in [4.78, 5) is 2.40. The van der Waals surface area contributed by atoms with Crippen molar-refractivity contribution >= 4 is 81.3 Å². The molecule has 0 amide bonds. The Kier molecular flexibility index (Phi) is 7.39. The maximum Gasteiger partial charge on any atom is 0.137 e. The third-order valence-corrected chi connectivity index (χ3v) is 12.0. The summed E-state index contributed by atoms with van der Waals surface area (Å²) in [6, 6.07) is 72.2. The summed E-state index contributed by atoms with van der Waals surface area (Å²) in [6.07, 6.45) is 0. The van der Waals surface area contributed by atoms with Gasteiger partial charge in [-0.2, -0.15) is 0 Å². The Balaban J connectivity index is 1.05. The predicted molar refractivity (Wildman–Crippen MR) is 235 cm³/mol. The van der Waals surface area contributed by atoms with Crippen LogP contribution < -0.4 is 4.90 Å². The van der Waals surface area contributed by atoms with E-state index in [4.69, 9.17) is 4.42 Å². The molecular weight excluding hydrogens is 687 g/mol. The number of para-hydroxylation sites is 2. The highest BCUT2D eigenvalue weighted by atomic mass is 32.1. The topological polar surface area (TPSA) is 16.4 Å². The van der Waals surface area contributed by atoms with Crippen LogP contribution in [0.25, 0.3) is 86.3 Å². The molecule has 0 saturated heterocycles. The zero-order valence-electron chi connectivity index (χ0n) is 29.8. The van der Waals surface area contributed by atoms with Gasteiger partial charge in [-0.15, -0.1) is 11.3 Å². The summed E-state index contributed by atoms with van der Waals surface area (Å²) in [6.45, 7) is 0. The average molecular weight is 720 g/mol. The first kappa shape index (κ1) is 31.6. The van der Waals surface area contributed by atoms with Crippen molar-refractivity contribution in [3.8, 4) is 33.4 Å². The lowest BCUT2D eigenvalue weighted by molar-refractivity contribution is 0.669. The fraction of sp³-hybridized carbons (Fsp3) is 0. The molecule has 0 aliphatic carbocycles. The number of rotatable bonds is 6. The summed E-state index contributed by atoms with van der Waals surface area (Å²) in [5.41, 5.74) is 12.2. The molecule has 258 valence electrons. The SMILES string of the molecule is c1ccc(N(c2ccc(-c3ccc(-c4cccc5ccccc45)cc3)cc2)c2cccc3oc4ccccc4c23)c(-c2ccc3c(c2)sc2ccccc23)c1. The lowest BCUT2D eigenvalue weighted by Gasteiger charge is -2.28. The van der Waals surface area contributed by atoms with Gasteiger partial charge in [-0.25, -0.2) is 0 Å². The molecule has 2 aromatic heterocycles. The van der Waals surface area contributed by atoms with E-state index < -0.39 is 0 Å². The second-order valence-corrected chi connectivity index (χ2v) is 15.1. The molecule has 0 spiro atoms. The van der Waals surface area contributed by atoms with Crippen molar-refractivity contribution in [1.82, 2.24) is 0 Å². The third kappa shape index (κ3) is 5.32. The number of thiophene rings is 1. The van der Waals surface area contributed by atoms with Crippen LogP contribution in [0.5, 0.6) is 0 Å². The van der Waals surface area contributed by atoms with Crippen LogP contribution >= 0.6 is 11.3 Å². The van der Waals surface area contributed by atoms with Crippen molar-refractivity contribution in [3.63, 3.8) is 0 Å². The van der Waals surface area contributed by atoms with Gasteiger partial charge in [0.15, 0.2) is 0 Å². The van der Waals surface area contributed by atoms with E-state index in [9.17, 15) is 0 Å². The maximum atomic E-state index is 6.42. The van der Waals surface area contributed by atoms with Gasteiger partial charge in [0, 0.05) is 36.8 Å². The van der Waals surface area contributed by atoms with Crippen LogP contribution in [0.1, 0.15) is 0 Å². The Bertz CT molecular complexity index is 3200. The number of nitrogens with zero attached hydrogens (tertiary/aromatic N) is 1. The Morgan fingerprint density at radius 3 is 1.82 bits per heavy atom. The van der Waals surface area contributed by atoms with Crippen LogP contribution in [-0.2, 0) is 0 Å². The minimum atomic E-state index is 0.871. The fourth-order valence-corrected chi connectivity index (χ4v) is 9.42. The number of hydrogen-bond donors (Lipinski definition) is 0. The summed E-state index contributed by atoms with van der Waals surface area (Å²) >= 11 is 1.86. The Morgan fingerprint density at radius 1 is 0.364 bits per heavy atom. The first-order valence-electron chi connectivity index (χ1n) is 18.7. The lowest BCUT2D eigenvalue weighted by Crippen LogP contribution is -2.11. The van der Waals surface area contributed by atoms with Gasteiger partial charge in [0.1, 0.15) is 11.2 Å². The Hall–Kier alpha value is -6.94. The van der Waals surface area contributed by atoms with Gasteiger partial charge >= 0.3 is 0 Å². The first-order chi connectivity index (χ1) is 27.3. The molecule has 0 fully saturated rings. The highest BCUT2D eigenvalue weighted by Gasteiger charge is 2.22. The van der Waals surface area contributed by atoms with E-state index in [0.29, 0.717) is 0 Å². The normalized spacial score (nSPS) is 11.6. The molecule has 55 heavy (non-hydrogen) atoms. The second-order valence-electron chi connectivity index (χ2n) is 14.1. The van der Waals surface area contributed by atoms with Crippen molar-refractivity contribution in [2.24, 2.45) is 0 Å². The molecule has 9 aromatic carbocycles. The second kappa shape index (κ2) is 12.9. The van der Waals surface area contributed by atoms with Gasteiger partial charge in [-0.1, -0.05) is 152 Å².